The topological polar surface area (TPSA) is 52.7 Å². The summed E-state index contributed by atoms with van der Waals surface area (Å²) in [5, 5.41) is 4.59. The van der Waals surface area contributed by atoms with E-state index in [1.54, 1.807) is 29.5 Å². The lowest BCUT2D eigenvalue weighted by atomic mass is 10.3. The van der Waals surface area contributed by atoms with Crippen LogP contribution in [0.4, 0.5) is 0 Å². The van der Waals surface area contributed by atoms with E-state index >= 15 is 0 Å². The van der Waals surface area contributed by atoms with Crippen LogP contribution in [-0.2, 0) is 20.5 Å². The van der Waals surface area contributed by atoms with Crippen LogP contribution < -0.4 is 5.56 Å². The molecule has 0 aliphatic carbocycles. The van der Waals surface area contributed by atoms with Gasteiger partial charge in [-0.2, -0.15) is 5.10 Å². The Balaban J connectivity index is 2.95. The van der Waals surface area contributed by atoms with Gasteiger partial charge in [-0.3, -0.25) is 14.0 Å². The van der Waals surface area contributed by atoms with Crippen molar-refractivity contribution in [3.8, 4) is 0 Å². The largest absolute Gasteiger partial charge is 0.299 e. The van der Waals surface area contributed by atoms with Crippen molar-refractivity contribution in [1.29, 1.82) is 0 Å². The van der Waals surface area contributed by atoms with Gasteiger partial charge >= 0.3 is 0 Å². The first-order valence-corrected chi connectivity index (χ1v) is 4.52. The molecule has 0 amide bonds. The molecule has 0 saturated carbocycles. The number of fused-ring (bicyclic) bond motifs is 1. The molecule has 74 valence electrons. The molecular weight excluding hydrogens is 180 g/mol. The van der Waals surface area contributed by atoms with Gasteiger partial charge < -0.3 is 0 Å². The third kappa shape index (κ3) is 1.05. The smallest absolute Gasteiger partial charge is 0.264 e. The molecule has 0 atom stereocenters. The molecule has 2 aromatic heterocycles. The lowest BCUT2D eigenvalue weighted by molar-refractivity contribution is 0.733. The predicted octanol–water partition coefficient (Wildman–Crippen LogP) is 0.229. The quantitative estimate of drug-likeness (QED) is 0.650. The van der Waals surface area contributed by atoms with Gasteiger partial charge in [-0.15, -0.1) is 0 Å². The third-order valence-corrected chi connectivity index (χ3v) is 2.38. The van der Waals surface area contributed by atoms with E-state index in [1.807, 2.05) is 6.92 Å². The fourth-order valence-electron chi connectivity index (χ4n) is 1.53. The van der Waals surface area contributed by atoms with Crippen LogP contribution in [0.5, 0.6) is 0 Å². The van der Waals surface area contributed by atoms with Gasteiger partial charge in [-0.25, -0.2) is 4.98 Å². The van der Waals surface area contributed by atoms with Gasteiger partial charge in [-0.1, -0.05) is 6.92 Å². The van der Waals surface area contributed by atoms with Crippen LogP contribution >= 0.6 is 0 Å². The van der Waals surface area contributed by atoms with Gasteiger partial charge in [-0.05, 0) is 0 Å². The molecular formula is C9H12N4O. The summed E-state index contributed by atoms with van der Waals surface area (Å²) in [5.74, 6) is 0.783. The highest BCUT2D eigenvalue weighted by Crippen LogP contribution is 2.05. The van der Waals surface area contributed by atoms with E-state index in [0.29, 0.717) is 11.0 Å². The van der Waals surface area contributed by atoms with Gasteiger partial charge in [0.1, 0.15) is 11.2 Å². The number of rotatable bonds is 1. The first-order chi connectivity index (χ1) is 6.65. The Morgan fingerprint density at radius 3 is 2.79 bits per heavy atom. The highest BCUT2D eigenvalue weighted by atomic mass is 16.1. The van der Waals surface area contributed by atoms with Gasteiger partial charge in [0.05, 0.1) is 6.20 Å². The molecule has 0 bridgehead atoms. The Bertz CT molecular complexity index is 537. The number of hydrogen-bond acceptors (Lipinski definition) is 3. The lowest BCUT2D eigenvalue weighted by Crippen LogP contribution is -2.21. The van der Waals surface area contributed by atoms with E-state index < -0.39 is 0 Å². The molecule has 5 nitrogen and oxygen atoms in total. The standard InChI is InChI=1S/C9H12N4O/c1-4-7-11-8-6(5-10-13(8)3)9(14)12(7)2/h5H,4H2,1-3H3. The van der Waals surface area contributed by atoms with Crippen molar-refractivity contribution in [2.24, 2.45) is 14.1 Å². The zero-order valence-corrected chi connectivity index (χ0v) is 8.48. The Kier molecular flexibility index (Phi) is 1.87. The molecule has 0 fully saturated rings. The third-order valence-electron chi connectivity index (χ3n) is 2.38. The highest BCUT2D eigenvalue weighted by molar-refractivity contribution is 5.73. The summed E-state index contributed by atoms with van der Waals surface area (Å²) in [6.45, 7) is 1.98. The van der Waals surface area contributed by atoms with Gasteiger partial charge in [0.2, 0.25) is 0 Å². The lowest BCUT2D eigenvalue weighted by Gasteiger charge is -2.04. The Morgan fingerprint density at radius 1 is 1.43 bits per heavy atom. The summed E-state index contributed by atoms with van der Waals surface area (Å²) < 4.78 is 3.19. The molecule has 0 radical (unpaired) electrons. The molecule has 2 rings (SSSR count). The van der Waals surface area contributed by atoms with Crippen molar-refractivity contribution in [3.05, 3.63) is 22.4 Å². The number of nitrogens with zero attached hydrogens (tertiary/aromatic N) is 4. The van der Waals surface area contributed by atoms with Gasteiger partial charge in [0.15, 0.2) is 5.65 Å². The van der Waals surface area contributed by atoms with E-state index in [4.69, 9.17) is 0 Å². The Morgan fingerprint density at radius 2 is 2.14 bits per heavy atom. The minimum absolute atomic E-state index is 0.0278. The predicted molar refractivity (Wildman–Crippen MR) is 53.1 cm³/mol. The minimum atomic E-state index is -0.0278. The average Bonchev–Trinajstić information content (AvgIpc) is 2.54. The molecule has 14 heavy (non-hydrogen) atoms. The fourth-order valence-corrected chi connectivity index (χ4v) is 1.53. The monoisotopic (exact) mass is 192 g/mol. The van der Waals surface area contributed by atoms with E-state index in [1.165, 1.54) is 0 Å². The second-order valence-corrected chi connectivity index (χ2v) is 3.25. The Labute approximate surface area is 81.0 Å². The second kappa shape index (κ2) is 2.94. The van der Waals surface area contributed by atoms with Crippen molar-refractivity contribution in [3.63, 3.8) is 0 Å². The first kappa shape index (κ1) is 8.93. The molecule has 0 aromatic carbocycles. The molecule has 0 saturated heterocycles. The zero-order chi connectivity index (χ0) is 10.3. The normalized spacial score (nSPS) is 11.1. The van der Waals surface area contributed by atoms with Crippen LogP contribution in [0, 0.1) is 0 Å². The Hall–Kier alpha value is -1.65. The van der Waals surface area contributed by atoms with E-state index in [9.17, 15) is 4.79 Å². The minimum Gasteiger partial charge on any atom is -0.299 e. The van der Waals surface area contributed by atoms with E-state index in [0.717, 1.165) is 12.2 Å². The maximum atomic E-state index is 11.8. The second-order valence-electron chi connectivity index (χ2n) is 3.25. The number of aromatic nitrogens is 4. The average molecular weight is 192 g/mol. The maximum Gasteiger partial charge on any atom is 0.264 e. The summed E-state index contributed by atoms with van der Waals surface area (Å²) in [5.41, 5.74) is 0.630. The summed E-state index contributed by atoms with van der Waals surface area (Å²) >= 11 is 0. The van der Waals surface area contributed by atoms with Crippen molar-refractivity contribution in [2.45, 2.75) is 13.3 Å². The molecule has 0 aliphatic heterocycles. The molecule has 2 aromatic rings. The first-order valence-electron chi connectivity index (χ1n) is 4.52. The van der Waals surface area contributed by atoms with Crippen molar-refractivity contribution < 1.29 is 0 Å². The highest BCUT2D eigenvalue weighted by Gasteiger charge is 2.09. The fraction of sp³-hybridized carbons (Fsp3) is 0.444. The van der Waals surface area contributed by atoms with Crippen LogP contribution in [0.25, 0.3) is 11.0 Å². The van der Waals surface area contributed by atoms with Crippen LogP contribution in [0.3, 0.4) is 0 Å². The molecule has 0 N–H and O–H groups in total. The molecule has 0 unspecified atom stereocenters. The van der Waals surface area contributed by atoms with E-state index in [2.05, 4.69) is 10.1 Å². The zero-order valence-electron chi connectivity index (χ0n) is 8.48. The van der Waals surface area contributed by atoms with Crippen molar-refractivity contribution in [2.75, 3.05) is 0 Å². The molecule has 2 heterocycles. The van der Waals surface area contributed by atoms with Gasteiger partial charge in [0.25, 0.3) is 5.56 Å². The van der Waals surface area contributed by atoms with Gasteiger partial charge in [0, 0.05) is 20.5 Å². The summed E-state index contributed by atoms with van der Waals surface area (Å²) in [4.78, 5) is 16.2. The summed E-state index contributed by atoms with van der Waals surface area (Å²) in [6, 6.07) is 0. The summed E-state index contributed by atoms with van der Waals surface area (Å²) in [6.07, 6.45) is 2.30. The molecule has 0 aliphatic rings. The van der Waals surface area contributed by atoms with E-state index in [-0.39, 0.29) is 5.56 Å². The SMILES string of the molecule is CCc1nc2c(cnn2C)c(=O)n1C. The van der Waals surface area contributed by atoms with Crippen LogP contribution in [0.15, 0.2) is 11.0 Å². The van der Waals surface area contributed by atoms with Crippen LogP contribution in [-0.4, -0.2) is 19.3 Å². The maximum absolute atomic E-state index is 11.8. The van der Waals surface area contributed by atoms with Crippen molar-refractivity contribution in [1.82, 2.24) is 19.3 Å². The number of aryl methyl sites for hydroxylation is 2. The van der Waals surface area contributed by atoms with Crippen molar-refractivity contribution >= 4 is 11.0 Å². The van der Waals surface area contributed by atoms with Crippen LogP contribution in [0.1, 0.15) is 12.7 Å². The number of hydrogen-bond donors (Lipinski definition) is 0. The molecule has 0 spiro atoms. The summed E-state index contributed by atoms with van der Waals surface area (Å²) in [7, 11) is 3.52. The molecule has 5 heteroatoms. The van der Waals surface area contributed by atoms with Crippen LogP contribution in [0.2, 0.25) is 0 Å².